The van der Waals surface area contributed by atoms with E-state index in [1.807, 2.05) is 30.0 Å². The molecular formula is C16H20N2O2. The molecule has 1 aromatic carbocycles. The van der Waals surface area contributed by atoms with E-state index in [-0.39, 0.29) is 11.9 Å². The third-order valence-electron chi connectivity index (χ3n) is 3.48. The highest BCUT2D eigenvalue weighted by molar-refractivity contribution is 5.92. The highest BCUT2D eigenvalue weighted by Crippen LogP contribution is 2.15. The van der Waals surface area contributed by atoms with Crippen LogP contribution in [-0.4, -0.2) is 28.6 Å². The van der Waals surface area contributed by atoms with Gasteiger partial charge in [-0.05, 0) is 25.3 Å². The van der Waals surface area contributed by atoms with Gasteiger partial charge in [0.15, 0.2) is 5.69 Å². The van der Waals surface area contributed by atoms with Gasteiger partial charge in [0.1, 0.15) is 6.26 Å². The maximum Gasteiger partial charge on any atom is 0.276 e. The molecule has 0 saturated heterocycles. The number of nitrogens with zero attached hydrogens (tertiary/aromatic N) is 2. The number of carbonyl (C=O) groups is 1. The van der Waals surface area contributed by atoms with Gasteiger partial charge in [0, 0.05) is 18.7 Å². The van der Waals surface area contributed by atoms with Crippen LogP contribution >= 0.6 is 0 Å². The first-order chi connectivity index (χ1) is 9.76. The van der Waals surface area contributed by atoms with Crippen molar-refractivity contribution in [2.45, 2.75) is 32.7 Å². The Bertz CT molecular complexity index is 523. The van der Waals surface area contributed by atoms with Crippen LogP contribution in [0.4, 0.5) is 0 Å². The van der Waals surface area contributed by atoms with Gasteiger partial charge in [0.05, 0.1) is 0 Å². The van der Waals surface area contributed by atoms with E-state index >= 15 is 0 Å². The standard InChI is InChI=1S/C16H20N2O2/c1-3-14(12-13-8-6-5-7-9-13)18(4-2)16(19)15-10-11-20-17-15/h5-11,14H,3-4,12H2,1-2H3. The van der Waals surface area contributed by atoms with Crippen LogP contribution in [0.25, 0.3) is 0 Å². The van der Waals surface area contributed by atoms with Gasteiger partial charge < -0.3 is 9.42 Å². The van der Waals surface area contributed by atoms with E-state index in [2.05, 4.69) is 24.2 Å². The summed E-state index contributed by atoms with van der Waals surface area (Å²) in [6, 6.07) is 12.0. The number of amides is 1. The minimum Gasteiger partial charge on any atom is -0.364 e. The molecule has 4 heteroatoms. The Morgan fingerprint density at radius 3 is 2.55 bits per heavy atom. The highest BCUT2D eigenvalue weighted by Gasteiger charge is 2.24. The van der Waals surface area contributed by atoms with Crippen LogP contribution in [0.1, 0.15) is 36.3 Å². The maximum absolute atomic E-state index is 12.4. The molecule has 1 aromatic heterocycles. The zero-order valence-electron chi connectivity index (χ0n) is 12.0. The smallest absolute Gasteiger partial charge is 0.276 e. The van der Waals surface area contributed by atoms with Crippen molar-refractivity contribution in [1.29, 1.82) is 0 Å². The number of aromatic nitrogens is 1. The molecule has 1 heterocycles. The molecule has 1 atom stereocenters. The van der Waals surface area contributed by atoms with Crippen molar-refractivity contribution in [1.82, 2.24) is 10.1 Å². The van der Waals surface area contributed by atoms with Crippen molar-refractivity contribution in [2.24, 2.45) is 0 Å². The lowest BCUT2D eigenvalue weighted by Gasteiger charge is -2.29. The topological polar surface area (TPSA) is 46.3 Å². The molecule has 0 aliphatic rings. The molecule has 0 spiro atoms. The Morgan fingerprint density at radius 1 is 1.25 bits per heavy atom. The molecule has 0 aliphatic carbocycles. The Hall–Kier alpha value is -2.10. The summed E-state index contributed by atoms with van der Waals surface area (Å²) in [6.45, 7) is 4.76. The number of hydrogen-bond acceptors (Lipinski definition) is 3. The fraction of sp³-hybridized carbons (Fsp3) is 0.375. The summed E-state index contributed by atoms with van der Waals surface area (Å²) in [6.07, 6.45) is 3.19. The number of likely N-dealkylation sites (N-methyl/N-ethyl adjacent to an activating group) is 1. The van der Waals surface area contributed by atoms with E-state index in [0.29, 0.717) is 12.2 Å². The average molecular weight is 272 g/mol. The molecule has 1 unspecified atom stereocenters. The van der Waals surface area contributed by atoms with Crippen molar-refractivity contribution in [3.63, 3.8) is 0 Å². The fourth-order valence-electron chi connectivity index (χ4n) is 2.40. The third kappa shape index (κ3) is 3.26. The molecule has 106 valence electrons. The molecule has 0 fully saturated rings. The molecule has 2 rings (SSSR count). The molecular weight excluding hydrogens is 252 g/mol. The average Bonchev–Trinajstić information content (AvgIpc) is 3.02. The van der Waals surface area contributed by atoms with Crippen LogP contribution in [0.15, 0.2) is 47.2 Å². The van der Waals surface area contributed by atoms with Crippen LogP contribution in [0.3, 0.4) is 0 Å². The zero-order valence-corrected chi connectivity index (χ0v) is 12.0. The van der Waals surface area contributed by atoms with E-state index in [4.69, 9.17) is 4.52 Å². The van der Waals surface area contributed by atoms with Crippen molar-refractivity contribution < 1.29 is 9.32 Å². The fourth-order valence-corrected chi connectivity index (χ4v) is 2.40. The van der Waals surface area contributed by atoms with Crippen LogP contribution in [0.2, 0.25) is 0 Å². The minimum atomic E-state index is -0.0657. The lowest BCUT2D eigenvalue weighted by Crippen LogP contribution is -2.41. The Morgan fingerprint density at radius 2 is 2.00 bits per heavy atom. The summed E-state index contributed by atoms with van der Waals surface area (Å²) in [7, 11) is 0. The third-order valence-corrected chi connectivity index (χ3v) is 3.48. The molecule has 0 bridgehead atoms. The predicted molar refractivity (Wildman–Crippen MR) is 77.4 cm³/mol. The predicted octanol–water partition coefficient (Wildman–Crippen LogP) is 3.16. The molecule has 20 heavy (non-hydrogen) atoms. The zero-order chi connectivity index (χ0) is 14.4. The number of benzene rings is 1. The van der Waals surface area contributed by atoms with E-state index in [1.54, 1.807) is 6.07 Å². The Labute approximate surface area is 119 Å². The Balaban J connectivity index is 2.13. The SMILES string of the molecule is CCC(Cc1ccccc1)N(CC)C(=O)c1ccon1. The summed E-state index contributed by atoms with van der Waals surface area (Å²) in [5.41, 5.74) is 1.61. The minimum absolute atomic E-state index is 0.0657. The molecule has 2 aromatic rings. The molecule has 0 radical (unpaired) electrons. The number of hydrogen-bond donors (Lipinski definition) is 0. The lowest BCUT2D eigenvalue weighted by molar-refractivity contribution is 0.0673. The first-order valence-corrected chi connectivity index (χ1v) is 7.01. The first kappa shape index (κ1) is 14.3. The summed E-state index contributed by atoms with van der Waals surface area (Å²) in [5.74, 6) is -0.0657. The van der Waals surface area contributed by atoms with Crippen LogP contribution < -0.4 is 0 Å². The lowest BCUT2D eigenvalue weighted by atomic mass is 10.0. The van der Waals surface area contributed by atoms with Gasteiger partial charge in [-0.25, -0.2) is 0 Å². The molecule has 0 aliphatic heterocycles. The Kier molecular flexibility index (Phi) is 4.93. The van der Waals surface area contributed by atoms with Gasteiger partial charge in [-0.3, -0.25) is 4.79 Å². The molecule has 0 N–H and O–H groups in total. The summed E-state index contributed by atoms with van der Waals surface area (Å²) < 4.78 is 4.76. The normalized spacial score (nSPS) is 12.1. The maximum atomic E-state index is 12.4. The van der Waals surface area contributed by atoms with Gasteiger partial charge in [0.25, 0.3) is 5.91 Å². The van der Waals surface area contributed by atoms with Crippen molar-refractivity contribution in [3.8, 4) is 0 Å². The monoisotopic (exact) mass is 272 g/mol. The number of rotatable bonds is 6. The van der Waals surface area contributed by atoms with Crippen LogP contribution in [-0.2, 0) is 6.42 Å². The first-order valence-electron chi connectivity index (χ1n) is 7.01. The van der Waals surface area contributed by atoms with Gasteiger partial charge in [-0.2, -0.15) is 0 Å². The molecule has 1 amide bonds. The molecule has 0 saturated carbocycles. The van der Waals surface area contributed by atoms with Gasteiger partial charge in [0.2, 0.25) is 0 Å². The van der Waals surface area contributed by atoms with Crippen molar-refractivity contribution >= 4 is 5.91 Å². The van der Waals surface area contributed by atoms with Gasteiger partial charge in [-0.1, -0.05) is 42.4 Å². The van der Waals surface area contributed by atoms with Crippen LogP contribution in [0, 0.1) is 0 Å². The second kappa shape index (κ2) is 6.89. The van der Waals surface area contributed by atoms with E-state index in [1.165, 1.54) is 11.8 Å². The van der Waals surface area contributed by atoms with Crippen LogP contribution in [0.5, 0.6) is 0 Å². The van der Waals surface area contributed by atoms with Crippen molar-refractivity contribution in [2.75, 3.05) is 6.54 Å². The summed E-state index contributed by atoms with van der Waals surface area (Å²) >= 11 is 0. The summed E-state index contributed by atoms with van der Waals surface area (Å²) in [5, 5.41) is 3.74. The highest BCUT2D eigenvalue weighted by atomic mass is 16.5. The van der Waals surface area contributed by atoms with E-state index < -0.39 is 0 Å². The van der Waals surface area contributed by atoms with Crippen molar-refractivity contribution in [3.05, 3.63) is 53.9 Å². The summed E-state index contributed by atoms with van der Waals surface area (Å²) in [4.78, 5) is 14.3. The molecule has 4 nitrogen and oxygen atoms in total. The second-order valence-corrected chi connectivity index (χ2v) is 4.73. The van der Waals surface area contributed by atoms with Gasteiger partial charge in [-0.15, -0.1) is 0 Å². The van der Waals surface area contributed by atoms with Gasteiger partial charge >= 0.3 is 0 Å². The number of carbonyl (C=O) groups excluding carboxylic acids is 1. The van der Waals surface area contributed by atoms with E-state index in [0.717, 1.165) is 12.8 Å². The quantitative estimate of drug-likeness (QED) is 0.811. The van der Waals surface area contributed by atoms with E-state index in [9.17, 15) is 4.79 Å². The largest absolute Gasteiger partial charge is 0.364 e. The second-order valence-electron chi connectivity index (χ2n) is 4.73.